The van der Waals surface area contributed by atoms with E-state index >= 15 is 0 Å². The number of amides is 1. The Bertz CT molecular complexity index is 948. The van der Waals surface area contributed by atoms with Gasteiger partial charge in [-0.15, -0.1) is 0 Å². The minimum Gasteiger partial charge on any atom is -0.368 e. The van der Waals surface area contributed by atoms with Crippen LogP contribution in [0.3, 0.4) is 0 Å². The number of carbonyl (C=O) groups excluding carboxylic acids is 1. The van der Waals surface area contributed by atoms with Gasteiger partial charge in [0.1, 0.15) is 0 Å². The Morgan fingerprint density at radius 3 is 2.67 bits per heavy atom. The average molecular weight is 342 g/mol. The van der Waals surface area contributed by atoms with E-state index in [9.17, 15) is 4.79 Å². The maximum Gasteiger partial charge on any atom is 0.250 e. The smallest absolute Gasteiger partial charge is 0.250 e. The Morgan fingerprint density at radius 1 is 1.25 bits per heavy atom. The second kappa shape index (κ2) is 5.98. The Hall–Kier alpha value is -2.86. The van der Waals surface area contributed by atoms with Gasteiger partial charge in [0, 0.05) is 23.8 Å². The van der Waals surface area contributed by atoms with Crippen LogP contribution in [0.4, 0.5) is 5.95 Å². The fourth-order valence-corrected chi connectivity index (χ4v) is 2.90. The first-order chi connectivity index (χ1) is 11.4. The highest BCUT2D eigenvalue weighted by Crippen LogP contribution is 2.34. The molecule has 0 saturated heterocycles. The summed E-state index contributed by atoms with van der Waals surface area (Å²) in [5, 5.41) is 0.583. The van der Waals surface area contributed by atoms with Crippen LogP contribution in [0.1, 0.15) is 15.9 Å². The quantitative estimate of drug-likeness (QED) is 0.765. The van der Waals surface area contributed by atoms with E-state index < -0.39 is 5.91 Å². The highest BCUT2D eigenvalue weighted by atomic mass is 35.5. The lowest BCUT2D eigenvalue weighted by Crippen LogP contribution is -2.12. The molecule has 4 N–H and O–H groups in total. The van der Waals surface area contributed by atoms with Gasteiger partial charge in [0.15, 0.2) is 0 Å². The van der Waals surface area contributed by atoms with Crippen LogP contribution >= 0.6 is 11.6 Å². The number of rotatable bonds is 3. The number of anilines is 1. The number of nitrogen functional groups attached to an aromatic ring is 1. The van der Waals surface area contributed by atoms with Crippen LogP contribution in [-0.4, -0.2) is 20.4 Å². The molecule has 7 heteroatoms. The van der Waals surface area contributed by atoms with Gasteiger partial charge in [-0.1, -0.05) is 17.7 Å². The van der Waals surface area contributed by atoms with Crippen molar-refractivity contribution >= 4 is 23.5 Å². The Kier molecular flexibility index (Phi) is 3.99. The number of hydrogen-bond acceptors (Lipinski definition) is 4. The zero-order valence-corrected chi connectivity index (χ0v) is 14.0. The molecule has 0 unspecified atom stereocenters. The molecule has 122 valence electrons. The molecule has 0 saturated carbocycles. The van der Waals surface area contributed by atoms with Gasteiger partial charge >= 0.3 is 0 Å². The summed E-state index contributed by atoms with van der Waals surface area (Å²) in [7, 11) is 1.84. The minimum absolute atomic E-state index is 0.162. The van der Waals surface area contributed by atoms with E-state index in [-0.39, 0.29) is 5.95 Å². The number of aryl methyl sites for hydroxylation is 1. The third-order valence-electron chi connectivity index (χ3n) is 3.89. The van der Waals surface area contributed by atoms with Gasteiger partial charge in [0.2, 0.25) is 5.95 Å². The van der Waals surface area contributed by atoms with Crippen molar-refractivity contribution in [1.29, 1.82) is 0 Å². The zero-order valence-electron chi connectivity index (χ0n) is 13.2. The monoisotopic (exact) mass is 341 g/mol. The molecule has 0 atom stereocenters. The van der Waals surface area contributed by atoms with E-state index in [1.54, 1.807) is 24.4 Å². The molecule has 0 radical (unpaired) electrons. The van der Waals surface area contributed by atoms with Crippen LogP contribution in [-0.2, 0) is 7.05 Å². The molecule has 1 aromatic carbocycles. The van der Waals surface area contributed by atoms with Gasteiger partial charge < -0.3 is 16.0 Å². The second-order valence-electron chi connectivity index (χ2n) is 5.47. The molecule has 0 bridgehead atoms. The molecule has 0 spiro atoms. The Morgan fingerprint density at radius 2 is 2.00 bits per heavy atom. The van der Waals surface area contributed by atoms with Crippen LogP contribution in [0.25, 0.3) is 22.6 Å². The van der Waals surface area contributed by atoms with Crippen LogP contribution in [0.5, 0.6) is 0 Å². The molecule has 2 heterocycles. The molecular formula is C17H16ClN5O. The van der Waals surface area contributed by atoms with Gasteiger partial charge in [-0.2, -0.15) is 0 Å². The number of primary amides is 1. The number of benzene rings is 1. The number of carbonyl (C=O) groups is 1. The van der Waals surface area contributed by atoms with Crippen LogP contribution in [0.15, 0.2) is 36.5 Å². The first-order valence-corrected chi connectivity index (χ1v) is 7.61. The van der Waals surface area contributed by atoms with E-state index in [0.717, 1.165) is 11.1 Å². The van der Waals surface area contributed by atoms with Gasteiger partial charge in [-0.25, -0.2) is 9.97 Å². The first kappa shape index (κ1) is 16.0. The van der Waals surface area contributed by atoms with Crippen molar-refractivity contribution < 1.29 is 4.79 Å². The summed E-state index contributed by atoms with van der Waals surface area (Å²) in [6.45, 7) is 1.95. The summed E-state index contributed by atoms with van der Waals surface area (Å²) < 4.78 is 1.86. The van der Waals surface area contributed by atoms with Gasteiger partial charge in [0.05, 0.1) is 22.6 Å². The summed E-state index contributed by atoms with van der Waals surface area (Å²) in [6, 6.07) is 8.96. The van der Waals surface area contributed by atoms with E-state index in [2.05, 4.69) is 9.97 Å². The standard InChI is InChI=1S/C17H16ClN5O/c1-9-3-4-10(18)7-11(9)15-12(16(19)24)8-14(23(15)2)13-5-6-21-17(20)22-13/h3-8H,1-2H3,(H2,19,24)(H2,20,21,22). The predicted octanol–water partition coefficient (Wildman–Crippen LogP) is 2.79. The molecule has 1 amide bonds. The maximum absolute atomic E-state index is 12.0. The molecule has 6 nitrogen and oxygen atoms in total. The lowest BCUT2D eigenvalue weighted by Gasteiger charge is -2.12. The molecule has 0 aliphatic rings. The third-order valence-corrected chi connectivity index (χ3v) is 4.12. The SMILES string of the molecule is Cc1ccc(Cl)cc1-c1c(C(N)=O)cc(-c2ccnc(N)n2)n1C. The average Bonchev–Trinajstić information content (AvgIpc) is 2.87. The maximum atomic E-state index is 12.0. The topological polar surface area (TPSA) is 99.8 Å². The lowest BCUT2D eigenvalue weighted by molar-refractivity contribution is 0.100. The molecule has 3 aromatic rings. The van der Waals surface area contributed by atoms with Crippen LogP contribution in [0, 0.1) is 6.92 Å². The number of aromatic nitrogens is 3. The number of nitrogens with two attached hydrogens (primary N) is 2. The molecule has 24 heavy (non-hydrogen) atoms. The minimum atomic E-state index is -0.520. The fraction of sp³-hybridized carbons (Fsp3) is 0.118. The van der Waals surface area contributed by atoms with Crippen molar-refractivity contribution in [2.24, 2.45) is 12.8 Å². The summed E-state index contributed by atoms with van der Waals surface area (Å²) in [4.78, 5) is 20.1. The van der Waals surface area contributed by atoms with Crippen molar-refractivity contribution in [1.82, 2.24) is 14.5 Å². The van der Waals surface area contributed by atoms with Crippen molar-refractivity contribution in [2.45, 2.75) is 6.92 Å². The number of halogens is 1. The molecule has 0 aliphatic heterocycles. The summed E-state index contributed by atoms with van der Waals surface area (Å²) >= 11 is 6.13. The highest BCUT2D eigenvalue weighted by molar-refractivity contribution is 6.31. The van der Waals surface area contributed by atoms with E-state index in [1.807, 2.05) is 30.7 Å². The van der Waals surface area contributed by atoms with E-state index in [0.29, 0.717) is 27.7 Å². The van der Waals surface area contributed by atoms with Gasteiger partial charge in [-0.05, 0) is 36.8 Å². The highest BCUT2D eigenvalue weighted by Gasteiger charge is 2.21. The first-order valence-electron chi connectivity index (χ1n) is 7.23. The number of hydrogen-bond donors (Lipinski definition) is 2. The van der Waals surface area contributed by atoms with Crippen LogP contribution < -0.4 is 11.5 Å². The van der Waals surface area contributed by atoms with Crippen molar-refractivity contribution in [3.05, 3.63) is 52.7 Å². The summed E-state index contributed by atoms with van der Waals surface area (Å²) in [5.74, 6) is -0.358. The third kappa shape index (κ3) is 2.72. The van der Waals surface area contributed by atoms with Crippen molar-refractivity contribution in [2.75, 3.05) is 5.73 Å². The lowest BCUT2D eigenvalue weighted by atomic mass is 10.0. The molecular weight excluding hydrogens is 326 g/mol. The largest absolute Gasteiger partial charge is 0.368 e. The summed E-state index contributed by atoms with van der Waals surface area (Å²) in [6.07, 6.45) is 1.57. The van der Waals surface area contributed by atoms with Crippen molar-refractivity contribution in [3.8, 4) is 22.6 Å². The van der Waals surface area contributed by atoms with Gasteiger partial charge in [-0.3, -0.25) is 4.79 Å². The molecule has 0 aliphatic carbocycles. The van der Waals surface area contributed by atoms with Crippen LogP contribution in [0.2, 0.25) is 5.02 Å². The molecule has 2 aromatic heterocycles. The number of nitrogens with zero attached hydrogens (tertiary/aromatic N) is 3. The Balaban J connectivity index is 2.30. The zero-order chi connectivity index (χ0) is 17.4. The molecule has 3 rings (SSSR count). The summed E-state index contributed by atoms with van der Waals surface area (Å²) in [5.41, 5.74) is 15.5. The van der Waals surface area contributed by atoms with Crippen molar-refractivity contribution in [3.63, 3.8) is 0 Å². The fourth-order valence-electron chi connectivity index (χ4n) is 2.73. The van der Waals surface area contributed by atoms with E-state index in [4.69, 9.17) is 23.1 Å². The van der Waals surface area contributed by atoms with Gasteiger partial charge in [0.25, 0.3) is 5.91 Å². The second-order valence-corrected chi connectivity index (χ2v) is 5.91. The molecule has 0 fully saturated rings. The Labute approximate surface area is 144 Å². The van der Waals surface area contributed by atoms with E-state index in [1.165, 1.54) is 0 Å². The predicted molar refractivity (Wildman–Crippen MR) is 94.6 cm³/mol. The normalized spacial score (nSPS) is 10.8.